The summed E-state index contributed by atoms with van der Waals surface area (Å²) in [5, 5.41) is 14.5. The van der Waals surface area contributed by atoms with Gasteiger partial charge in [0.1, 0.15) is 5.76 Å². The Labute approximate surface area is 213 Å². The molecule has 37 heavy (non-hydrogen) atoms. The number of carbonyl (C=O) groups is 2. The second-order valence-corrected chi connectivity index (χ2v) is 8.54. The van der Waals surface area contributed by atoms with Crippen molar-refractivity contribution in [1.29, 1.82) is 0 Å². The number of nitrogens with one attached hydrogen (secondary N) is 1. The molecule has 10 heteroatoms. The highest BCUT2D eigenvalue weighted by Crippen LogP contribution is 2.23. The molecule has 1 aliphatic heterocycles. The fourth-order valence-electron chi connectivity index (χ4n) is 4.14. The smallest absolute Gasteiger partial charge is 0.357 e. The van der Waals surface area contributed by atoms with Gasteiger partial charge < -0.3 is 19.4 Å². The molecule has 2 aromatic carbocycles. The molecular weight excluding hydrogens is 472 g/mol. The number of piperidine rings is 1. The van der Waals surface area contributed by atoms with Crippen LogP contribution in [0.5, 0.6) is 0 Å². The van der Waals surface area contributed by atoms with Crippen LogP contribution in [0.1, 0.15) is 25.0 Å². The fourth-order valence-corrected chi connectivity index (χ4v) is 4.14. The molecule has 10 nitrogen and oxygen atoms in total. The molecule has 4 aromatic rings. The molecule has 2 aromatic heterocycles. The number of hydrogen-bond acceptors (Lipinski definition) is 8. The van der Waals surface area contributed by atoms with E-state index in [0.717, 1.165) is 18.8 Å². The highest BCUT2D eigenvalue weighted by atomic mass is 16.5. The maximum Gasteiger partial charge on any atom is 0.357 e. The van der Waals surface area contributed by atoms with Crippen LogP contribution >= 0.6 is 0 Å². The second-order valence-electron chi connectivity index (χ2n) is 8.54. The number of esters is 1. The molecule has 1 saturated heterocycles. The summed E-state index contributed by atoms with van der Waals surface area (Å²) in [5.41, 5.74) is 2.46. The molecular formula is C27H26N6O4. The number of furan rings is 1. The van der Waals surface area contributed by atoms with E-state index < -0.39 is 18.5 Å². The Morgan fingerprint density at radius 1 is 0.973 bits per heavy atom. The number of tetrazole rings is 1. The number of hydrogen-bond donors (Lipinski definition) is 1. The Kier molecular flexibility index (Phi) is 7.35. The van der Waals surface area contributed by atoms with Crippen LogP contribution in [0.2, 0.25) is 0 Å². The van der Waals surface area contributed by atoms with Crippen LogP contribution in [0.4, 0.5) is 11.4 Å². The lowest BCUT2D eigenvalue weighted by Crippen LogP contribution is -2.29. The van der Waals surface area contributed by atoms with Crippen molar-refractivity contribution < 1.29 is 18.7 Å². The van der Waals surface area contributed by atoms with E-state index in [-0.39, 0.29) is 5.70 Å². The zero-order valence-electron chi connectivity index (χ0n) is 20.1. The molecule has 0 bridgehead atoms. The van der Waals surface area contributed by atoms with Gasteiger partial charge in [-0.25, -0.2) is 4.79 Å². The van der Waals surface area contributed by atoms with Crippen LogP contribution < -0.4 is 10.2 Å². The largest absolute Gasteiger partial charge is 0.465 e. The molecule has 0 atom stereocenters. The van der Waals surface area contributed by atoms with Crippen molar-refractivity contribution in [2.45, 2.75) is 19.3 Å². The monoisotopic (exact) mass is 498 g/mol. The van der Waals surface area contributed by atoms with Crippen LogP contribution in [-0.2, 0) is 14.3 Å². The Bertz CT molecular complexity index is 1360. The minimum Gasteiger partial charge on any atom is -0.465 e. The molecule has 5 rings (SSSR count). The number of carbonyl (C=O) groups excluding carboxylic acids is 2. The molecule has 1 N–H and O–H groups in total. The molecule has 1 amide bonds. The molecule has 3 heterocycles. The number of ether oxygens (including phenoxy) is 1. The summed E-state index contributed by atoms with van der Waals surface area (Å²) in [6.45, 7) is 1.61. The van der Waals surface area contributed by atoms with Gasteiger partial charge in [-0.3, -0.25) is 4.79 Å². The minimum absolute atomic E-state index is 0.00233. The third-order valence-electron chi connectivity index (χ3n) is 5.97. The van der Waals surface area contributed by atoms with Crippen molar-refractivity contribution in [3.63, 3.8) is 0 Å². The van der Waals surface area contributed by atoms with Gasteiger partial charge in [0, 0.05) is 36.1 Å². The van der Waals surface area contributed by atoms with Gasteiger partial charge in [-0.15, -0.1) is 5.10 Å². The van der Waals surface area contributed by atoms with E-state index in [2.05, 4.69) is 25.7 Å². The van der Waals surface area contributed by atoms with E-state index in [1.54, 1.807) is 12.1 Å². The predicted molar refractivity (Wildman–Crippen MR) is 138 cm³/mol. The third kappa shape index (κ3) is 5.92. The van der Waals surface area contributed by atoms with E-state index >= 15 is 0 Å². The van der Waals surface area contributed by atoms with Gasteiger partial charge in [0.2, 0.25) is 0 Å². The fraction of sp³-hybridized carbons (Fsp3) is 0.222. The van der Waals surface area contributed by atoms with Crippen LogP contribution in [0, 0.1) is 0 Å². The quantitative estimate of drug-likeness (QED) is 0.285. The predicted octanol–water partition coefficient (Wildman–Crippen LogP) is 4.10. The summed E-state index contributed by atoms with van der Waals surface area (Å²) in [5.74, 6) is -0.499. The van der Waals surface area contributed by atoms with E-state index in [1.165, 1.54) is 36.3 Å². The number of rotatable bonds is 8. The minimum atomic E-state index is -0.781. The Hall–Kier alpha value is -4.73. The van der Waals surface area contributed by atoms with Gasteiger partial charge in [0.25, 0.3) is 5.91 Å². The van der Waals surface area contributed by atoms with Crippen molar-refractivity contribution in [1.82, 2.24) is 20.2 Å². The SMILES string of the molecule is O=C(COC(=O)/C(=C/c1ccco1)n1nnnc1-c1ccccc1)Nc1ccc(N2CCCCC2)cc1. The number of nitrogens with zero attached hydrogens (tertiary/aromatic N) is 5. The molecule has 1 fully saturated rings. The normalized spacial score (nSPS) is 13.8. The first kappa shape index (κ1) is 24.0. The van der Waals surface area contributed by atoms with Crippen molar-refractivity contribution >= 4 is 35.0 Å². The Morgan fingerprint density at radius 3 is 2.49 bits per heavy atom. The Balaban J connectivity index is 1.26. The van der Waals surface area contributed by atoms with Crippen LogP contribution in [0.25, 0.3) is 23.2 Å². The van der Waals surface area contributed by atoms with Gasteiger partial charge >= 0.3 is 5.97 Å². The number of benzene rings is 2. The summed E-state index contributed by atoms with van der Waals surface area (Å²) in [4.78, 5) is 28.0. The molecule has 188 valence electrons. The maximum atomic E-state index is 13.1. The van der Waals surface area contributed by atoms with Crippen molar-refractivity contribution in [2.75, 3.05) is 29.9 Å². The lowest BCUT2D eigenvalue weighted by atomic mass is 10.1. The number of aromatic nitrogens is 4. The van der Waals surface area contributed by atoms with E-state index in [4.69, 9.17) is 9.15 Å². The molecule has 0 aliphatic carbocycles. The van der Waals surface area contributed by atoms with Crippen molar-refractivity contribution in [3.8, 4) is 11.4 Å². The molecule has 0 saturated carbocycles. The van der Waals surface area contributed by atoms with E-state index in [0.29, 0.717) is 22.8 Å². The van der Waals surface area contributed by atoms with Gasteiger partial charge in [0.15, 0.2) is 18.1 Å². The molecule has 1 aliphatic rings. The second kappa shape index (κ2) is 11.3. The summed E-state index contributed by atoms with van der Waals surface area (Å²) >= 11 is 0. The average molecular weight is 499 g/mol. The summed E-state index contributed by atoms with van der Waals surface area (Å²) in [6, 6.07) is 20.2. The highest BCUT2D eigenvalue weighted by Gasteiger charge is 2.22. The molecule has 0 radical (unpaired) electrons. The van der Waals surface area contributed by atoms with Crippen molar-refractivity contribution in [2.24, 2.45) is 0 Å². The average Bonchev–Trinajstić information content (AvgIpc) is 3.64. The van der Waals surface area contributed by atoms with Gasteiger partial charge in [-0.1, -0.05) is 30.3 Å². The molecule has 0 spiro atoms. The maximum absolute atomic E-state index is 13.1. The van der Waals surface area contributed by atoms with Crippen LogP contribution in [0.3, 0.4) is 0 Å². The number of anilines is 2. The van der Waals surface area contributed by atoms with Crippen molar-refractivity contribution in [3.05, 3.63) is 78.8 Å². The topological polar surface area (TPSA) is 115 Å². The third-order valence-corrected chi connectivity index (χ3v) is 5.97. The first-order chi connectivity index (χ1) is 18.2. The lowest BCUT2D eigenvalue weighted by Gasteiger charge is -2.28. The summed E-state index contributed by atoms with van der Waals surface area (Å²) in [6.07, 6.45) is 6.59. The van der Waals surface area contributed by atoms with Crippen LogP contribution in [-0.4, -0.2) is 51.8 Å². The zero-order chi connectivity index (χ0) is 25.5. The van der Waals surface area contributed by atoms with Gasteiger partial charge in [0.05, 0.1) is 6.26 Å². The Morgan fingerprint density at radius 2 is 1.76 bits per heavy atom. The standard InChI is InChI=1S/C27H26N6O4/c34-25(28-21-11-13-22(14-12-21)32-15-5-2-6-16-32)19-37-27(35)24(18-23-10-7-17-36-23)33-26(29-30-31-33)20-8-3-1-4-9-20/h1,3-4,7-14,17-18H,2,5-6,15-16,19H2,(H,28,34)/b24-18-. The summed E-state index contributed by atoms with van der Waals surface area (Å²) < 4.78 is 12.0. The first-order valence-corrected chi connectivity index (χ1v) is 12.1. The lowest BCUT2D eigenvalue weighted by molar-refractivity contribution is -0.141. The first-order valence-electron chi connectivity index (χ1n) is 12.1. The van der Waals surface area contributed by atoms with Crippen LogP contribution in [0.15, 0.2) is 77.4 Å². The molecule has 0 unspecified atom stereocenters. The number of amides is 1. The summed E-state index contributed by atoms with van der Waals surface area (Å²) in [7, 11) is 0. The van der Waals surface area contributed by atoms with Gasteiger partial charge in [-0.05, 0) is 66.1 Å². The van der Waals surface area contributed by atoms with E-state index in [1.807, 2.05) is 54.6 Å². The highest BCUT2D eigenvalue weighted by molar-refractivity contribution is 6.16. The zero-order valence-corrected chi connectivity index (χ0v) is 20.1. The van der Waals surface area contributed by atoms with E-state index in [9.17, 15) is 9.59 Å². The van der Waals surface area contributed by atoms with Gasteiger partial charge in [-0.2, -0.15) is 4.68 Å².